The predicted molar refractivity (Wildman–Crippen MR) is 127 cm³/mol. The molecule has 4 aromatic rings. The van der Waals surface area contributed by atoms with Gasteiger partial charge in [0.2, 0.25) is 0 Å². The number of ether oxygens (including phenoxy) is 1. The third kappa shape index (κ3) is 5.92. The minimum absolute atomic E-state index is 0.211. The number of aromatic nitrogens is 2. The Balaban J connectivity index is 1.45. The zero-order valence-electron chi connectivity index (χ0n) is 18.7. The first-order valence-corrected chi connectivity index (χ1v) is 11.2. The minimum atomic E-state index is -0.746. The Hall–Kier alpha value is -3.80. The van der Waals surface area contributed by atoms with E-state index in [2.05, 4.69) is 24.4 Å². The van der Waals surface area contributed by atoms with Crippen molar-refractivity contribution in [3.63, 3.8) is 0 Å². The second kappa shape index (κ2) is 10.7. The van der Waals surface area contributed by atoms with Gasteiger partial charge in [0.15, 0.2) is 0 Å². The summed E-state index contributed by atoms with van der Waals surface area (Å²) in [4.78, 5) is 10.6. The summed E-state index contributed by atoms with van der Waals surface area (Å²) in [5.41, 5.74) is 5.26. The summed E-state index contributed by atoms with van der Waals surface area (Å²) >= 11 is 0. The number of hydrogen-bond acceptors (Lipinski definition) is 4. The van der Waals surface area contributed by atoms with Gasteiger partial charge in [-0.05, 0) is 43.0 Å². The Kier molecular flexibility index (Phi) is 7.25. The van der Waals surface area contributed by atoms with Crippen LogP contribution in [0, 0.1) is 0 Å². The highest BCUT2D eigenvalue weighted by Gasteiger charge is 2.14. The Morgan fingerprint density at radius 2 is 1.76 bits per heavy atom. The second-order valence-electron chi connectivity index (χ2n) is 8.07. The van der Waals surface area contributed by atoms with Crippen LogP contribution in [0.2, 0.25) is 0 Å². The largest absolute Gasteiger partial charge is 0.493 e. The maximum Gasteiger partial charge on any atom is 0.303 e. The first-order chi connectivity index (χ1) is 16.1. The van der Waals surface area contributed by atoms with Crippen molar-refractivity contribution in [1.29, 1.82) is 0 Å². The first-order valence-electron chi connectivity index (χ1n) is 11.2. The molecule has 170 valence electrons. The van der Waals surface area contributed by atoms with Crippen molar-refractivity contribution in [1.82, 2.24) is 9.78 Å². The topological polar surface area (TPSA) is 77.5 Å². The van der Waals surface area contributed by atoms with Gasteiger partial charge in [-0.1, -0.05) is 42.5 Å². The number of hydrogen-bond donors (Lipinski definition) is 1. The van der Waals surface area contributed by atoms with E-state index in [4.69, 9.17) is 19.4 Å². The molecule has 0 fully saturated rings. The third-order valence-corrected chi connectivity index (χ3v) is 5.51. The summed E-state index contributed by atoms with van der Waals surface area (Å²) in [5, 5.41) is 13.5. The molecular weight excluding hydrogens is 416 g/mol. The molecule has 0 spiro atoms. The van der Waals surface area contributed by atoms with Gasteiger partial charge in [0.1, 0.15) is 11.5 Å². The lowest BCUT2D eigenvalue weighted by Crippen LogP contribution is -2.02. The maximum atomic E-state index is 10.6. The summed E-state index contributed by atoms with van der Waals surface area (Å²) in [7, 11) is 1.93. The van der Waals surface area contributed by atoms with E-state index in [1.54, 1.807) is 6.26 Å². The van der Waals surface area contributed by atoms with Gasteiger partial charge < -0.3 is 14.3 Å². The summed E-state index contributed by atoms with van der Waals surface area (Å²) in [6.07, 6.45) is 7.00. The van der Waals surface area contributed by atoms with E-state index in [1.807, 2.05) is 54.2 Å². The summed E-state index contributed by atoms with van der Waals surface area (Å²) in [6.45, 7) is 0.574. The van der Waals surface area contributed by atoms with Gasteiger partial charge in [0.25, 0.3) is 0 Å². The molecule has 6 heteroatoms. The number of aryl methyl sites for hydroxylation is 1. The van der Waals surface area contributed by atoms with Crippen molar-refractivity contribution in [3.05, 3.63) is 84.3 Å². The lowest BCUT2D eigenvalue weighted by Gasteiger charge is -2.12. The van der Waals surface area contributed by atoms with Crippen LogP contribution in [0.3, 0.4) is 0 Å². The Labute approximate surface area is 193 Å². The van der Waals surface area contributed by atoms with Crippen LogP contribution in [0.5, 0.6) is 5.75 Å². The Bertz CT molecular complexity index is 1180. The van der Waals surface area contributed by atoms with Gasteiger partial charge in [0, 0.05) is 42.8 Å². The molecule has 0 bridgehead atoms. The number of nitrogens with zero attached hydrogens (tertiary/aromatic N) is 2. The number of carboxylic acid groups (broad SMARTS) is 1. The zero-order chi connectivity index (χ0) is 23.0. The molecule has 33 heavy (non-hydrogen) atoms. The average Bonchev–Trinajstić information content (AvgIpc) is 3.47. The van der Waals surface area contributed by atoms with Crippen LogP contribution in [-0.2, 0) is 18.3 Å². The van der Waals surface area contributed by atoms with Crippen molar-refractivity contribution >= 4 is 5.97 Å². The highest BCUT2D eigenvalue weighted by atomic mass is 16.5. The molecule has 0 unspecified atom stereocenters. The number of carboxylic acids is 1. The van der Waals surface area contributed by atoms with Crippen LogP contribution >= 0.6 is 0 Å². The number of carbonyl (C=O) groups is 1. The lowest BCUT2D eigenvalue weighted by molar-refractivity contribution is -0.137. The fraction of sp³-hybridized carbons (Fsp3) is 0.259. The smallest absolute Gasteiger partial charge is 0.303 e. The molecule has 2 aromatic carbocycles. The zero-order valence-corrected chi connectivity index (χ0v) is 18.7. The fourth-order valence-electron chi connectivity index (χ4n) is 3.88. The van der Waals surface area contributed by atoms with Crippen LogP contribution in [0.4, 0.5) is 0 Å². The van der Waals surface area contributed by atoms with E-state index in [1.165, 1.54) is 0 Å². The van der Waals surface area contributed by atoms with Gasteiger partial charge in [-0.15, -0.1) is 0 Å². The van der Waals surface area contributed by atoms with Crippen LogP contribution in [0.25, 0.3) is 22.6 Å². The molecule has 0 radical (unpaired) electrons. The summed E-state index contributed by atoms with van der Waals surface area (Å²) < 4.78 is 13.4. The maximum absolute atomic E-state index is 10.6. The number of rotatable bonds is 11. The number of para-hydroxylation sites is 1. The average molecular weight is 445 g/mol. The third-order valence-electron chi connectivity index (χ3n) is 5.51. The van der Waals surface area contributed by atoms with Gasteiger partial charge in [-0.2, -0.15) is 5.10 Å². The van der Waals surface area contributed by atoms with E-state index >= 15 is 0 Å². The molecule has 0 saturated heterocycles. The van der Waals surface area contributed by atoms with Crippen molar-refractivity contribution in [2.45, 2.75) is 32.1 Å². The molecular formula is C27H28N2O4. The van der Waals surface area contributed by atoms with E-state index in [0.29, 0.717) is 19.4 Å². The number of furan rings is 1. The van der Waals surface area contributed by atoms with Crippen LogP contribution in [0.15, 0.2) is 77.5 Å². The molecule has 4 rings (SSSR count). The van der Waals surface area contributed by atoms with Crippen molar-refractivity contribution in [2.24, 2.45) is 7.05 Å². The Morgan fingerprint density at radius 1 is 0.970 bits per heavy atom. The van der Waals surface area contributed by atoms with Crippen LogP contribution in [0.1, 0.15) is 36.8 Å². The van der Waals surface area contributed by atoms with E-state index in [0.717, 1.165) is 52.3 Å². The van der Waals surface area contributed by atoms with E-state index < -0.39 is 5.97 Å². The second-order valence-corrected chi connectivity index (χ2v) is 8.07. The van der Waals surface area contributed by atoms with Gasteiger partial charge >= 0.3 is 5.97 Å². The molecule has 0 aliphatic carbocycles. The molecule has 2 heterocycles. The van der Waals surface area contributed by atoms with Gasteiger partial charge in [-0.3, -0.25) is 9.48 Å². The van der Waals surface area contributed by atoms with Gasteiger partial charge in [-0.25, -0.2) is 0 Å². The lowest BCUT2D eigenvalue weighted by atomic mass is 10.00. The Morgan fingerprint density at radius 3 is 2.52 bits per heavy atom. The number of unbranched alkanes of at least 4 members (excludes halogenated alkanes) is 2. The normalized spacial score (nSPS) is 10.9. The standard InChI is InChI=1S/C27H28N2O4/c1-29-19-23(27(28-29)21-14-12-20(13-15-21)24-10-7-17-33-24)18-22-8-4-5-9-25(22)32-16-6-2-3-11-26(30)31/h4-5,7-10,12-15,17,19H,2-3,6,11,16,18H2,1H3,(H,30,31). The fourth-order valence-corrected chi connectivity index (χ4v) is 3.88. The van der Waals surface area contributed by atoms with E-state index in [9.17, 15) is 4.79 Å². The molecule has 0 atom stereocenters. The molecule has 0 saturated carbocycles. The quantitative estimate of drug-likeness (QED) is 0.289. The molecule has 1 N–H and O–H groups in total. The molecule has 2 aromatic heterocycles. The number of aliphatic carboxylic acids is 1. The summed E-state index contributed by atoms with van der Waals surface area (Å²) in [5.74, 6) is 0.958. The predicted octanol–water partition coefficient (Wildman–Crippen LogP) is 5.96. The molecule has 6 nitrogen and oxygen atoms in total. The van der Waals surface area contributed by atoms with E-state index in [-0.39, 0.29) is 6.42 Å². The first kappa shape index (κ1) is 22.4. The van der Waals surface area contributed by atoms with Crippen LogP contribution in [-0.4, -0.2) is 27.5 Å². The molecule has 0 amide bonds. The van der Waals surface area contributed by atoms with Crippen molar-refractivity contribution in [2.75, 3.05) is 6.61 Å². The van der Waals surface area contributed by atoms with Crippen molar-refractivity contribution < 1.29 is 19.1 Å². The molecule has 0 aliphatic heterocycles. The minimum Gasteiger partial charge on any atom is -0.493 e. The van der Waals surface area contributed by atoms with Crippen LogP contribution < -0.4 is 4.74 Å². The number of benzene rings is 2. The highest BCUT2D eigenvalue weighted by Crippen LogP contribution is 2.29. The van der Waals surface area contributed by atoms with Gasteiger partial charge in [0.05, 0.1) is 18.6 Å². The highest BCUT2D eigenvalue weighted by molar-refractivity contribution is 5.68. The summed E-state index contributed by atoms with van der Waals surface area (Å²) in [6, 6.07) is 20.1. The SMILES string of the molecule is Cn1cc(Cc2ccccc2OCCCCCC(=O)O)c(-c2ccc(-c3ccco3)cc2)n1. The monoisotopic (exact) mass is 444 g/mol. The van der Waals surface area contributed by atoms with Crippen molar-refractivity contribution in [3.8, 4) is 28.3 Å². The molecule has 0 aliphatic rings.